The van der Waals surface area contributed by atoms with Crippen LogP contribution in [0.2, 0.25) is 0 Å². The number of amides is 1. The van der Waals surface area contributed by atoms with Crippen molar-refractivity contribution >= 4 is 28.5 Å². The number of pyridine rings is 1. The maximum absolute atomic E-state index is 14.8. The van der Waals surface area contributed by atoms with E-state index in [9.17, 15) is 22.4 Å². The highest BCUT2D eigenvalue weighted by atomic mass is 19.4. The summed E-state index contributed by atoms with van der Waals surface area (Å²) < 4.78 is 60.0. The van der Waals surface area contributed by atoms with Crippen molar-refractivity contribution < 1.29 is 27.1 Å². The number of ether oxygens (including phenoxy) is 1. The zero-order valence-electron chi connectivity index (χ0n) is 22.3. The van der Waals surface area contributed by atoms with E-state index in [2.05, 4.69) is 25.4 Å². The molecule has 208 valence electrons. The molecule has 0 spiro atoms. The summed E-state index contributed by atoms with van der Waals surface area (Å²) in [6, 6.07) is 4.36. The van der Waals surface area contributed by atoms with E-state index in [1.807, 2.05) is 26.8 Å². The van der Waals surface area contributed by atoms with E-state index in [1.165, 1.54) is 12.1 Å². The molecule has 2 fully saturated rings. The van der Waals surface area contributed by atoms with Crippen molar-refractivity contribution in [2.45, 2.75) is 70.9 Å². The number of alkyl halides is 3. The molecule has 1 amide bonds. The number of hydrogen-bond donors (Lipinski definition) is 1. The lowest BCUT2D eigenvalue weighted by Gasteiger charge is -2.46. The number of rotatable bonds is 4. The van der Waals surface area contributed by atoms with Gasteiger partial charge in [-0.25, -0.2) is 14.2 Å². The van der Waals surface area contributed by atoms with Crippen molar-refractivity contribution in [3.63, 3.8) is 0 Å². The first-order valence-corrected chi connectivity index (χ1v) is 12.8. The molecule has 12 heteroatoms. The quantitative estimate of drug-likeness (QED) is 0.410. The predicted octanol–water partition coefficient (Wildman–Crippen LogP) is 5.86. The number of nitrogens with zero attached hydrogens (tertiary/aromatic N) is 5. The molecule has 0 bridgehead atoms. The summed E-state index contributed by atoms with van der Waals surface area (Å²) in [5, 5.41) is 12.8. The molecule has 5 rings (SSSR count). The molecule has 2 aliphatic rings. The number of likely N-dealkylation sites (tertiary alicyclic amines) is 1. The molecule has 0 saturated carbocycles. The number of nitrogens with one attached hydrogen (secondary N) is 1. The van der Waals surface area contributed by atoms with E-state index in [1.54, 1.807) is 24.9 Å². The van der Waals surface area contributed by atoms with Crippen LogP contribution < -0.4 is 10.2 Å². The Morgan fingerprint density at radius 2 is 1.90 bits per heavy atom. The monoisotopic (exact) mass is 546 g/mol. The Balaban J connectivity index is 1.40. The molecule has 8 nitrogen and oxygen atoms in total. The molecule has 2 aromatic heterocycles. The molecule has 0 radical (unpaired) electrons. The van der Waals surface area contributed by atoms with Crippen molar-refractivity contribution in [1.82, 2.24) is 20.1 Å². The molecule has 2 aliphatic heterocycles. The number of anilines is 2. The van der Waals surface area contributed by atoms with E-state index in [0.717, 1.165) is 12.5 Å². The first kappa shape index (κ1) is 26.9. The van der Waals surface area contributed by atoms with Gasteiger partial charge in [0.25, 0.3) is 0 Å². The van der Waals surface area contributed by atoms with Gasteiger partial charge in [0.05, 0.1) is 29.4 Å². The van der Waals surface area contributed by atoms with E-state index < -0.39 is 29.2 Å². The second kappa shape index (κ2) is 9.49. The number of aryl methyl sites for hydroxylation is 1. The molecule has 0 aliphatic carbocycles. The zero-order valence-corrected chi connectivity index (χ0v) is 22.3. The average molecular weight is 547 g/mol. The summed E-state index contributed by atoms with van der Waals surface area (Å²) in [5.41, 5.74) is -1.39. The van der Waals surface area contributed by atoms with Crippen molar-refractivity contribution in [1.29, 1.82) is 0 Å². The normalized spacial score (nSPS) is 20.0. The fourth-order valence-corrected chi connectivity index (χ4v) is 5.25. The van der Waals surface area contributed by atoms with Crippen LogP contribution in [0.1, 0.15) is 57.0 Å². The number of carbonyl (C=O) groups is 1. The first-order valence-electron chi connectivity index (χ1n) is 12.8. The SMILES string of the molecule is Cc1nnc(N[C@H](C)c2cccc(C(F)(F)F)c2F)c2cc(N3CCC4C3CN4C(=O)OC(C)(C)C)ncc12. The first-order chi connectivity index (χ1) is 18.2. The highest BCUT2D eigenvalue weighted by molar-refractivity contribution is 5.94. The zero-order chi connectivity index (χ0) is 28.3. The third-order valence-corrected chi connectivity index (χ3v) is 7.20. The van der Waals surface area contributed by atoms with Crippen LogP contribution in [-0.2, 0) is 10.9 Å². The van der Waals surface area contributed by atoms with E-state index in [4.69, 9.17) is 4.74 Å². The fourth-order valence-electron chi connectivity index (χ4n) is 5.25. The minimum Gasteiger partial charge on any atom is -0.444 e. The third kappa shape index (κ3) is 5.04. The Labute approximate surface area is 223 Å². The van der Waals surface area contributed by atoms with Gasteiger partial charge in [-0.15, -0.1) is 5.10 Å². The standard InChI is InChI=1S/C27H30F4N6O2/c1-14(16-7-6-8-19(23(16)28)27(29,30)31)33-24-17-11-22(32-12-18(17)15(2)34-35-24)36-10-9-20-21(36)13-37(20)25(38)39-26(3,4)5/h6-8,11-12,14,20-21H,9-10,13H2,1-5H3,(H,33,35)/t14-,20?,21?/m1/s1. The highest BCUT2D eigenvalue weighted by Crippen LogP contribution is 2.38. The minimum absolute atomic E-state index is 0.0242. The molecule has 39 heavy (non-hydrogen) atoms. The van der Waals surface area contributed by atoms with Gasteiger partial charge in [0.15, 0.2) is 5.82 Å². The second-order valence-corrected chi connectivity index (χ2v) is 11.0. The third-order valence-electron chi connectivity index (χ3n) is 7.20. The molecule has 1 aromatic carbocycles. The number of aromatic nitrogens is 3. The van der Waals surface area contributed by atoms with Crippen LogP contribution in [0.25, 0.3) is 10.8 Å². The van der Waals surface area contributed by atoms with Crippen LogP contribution in [0.3, 0.4) is 0 Å². The Hall–Kier alpha value is -3.70. The molecule has 1 N–H and O–H groups in total. The van der Waals surface area contributed by atoms with Crippen molar-refractivity contribution in [3.8, 4) is 0 Å². The van der Waals surface area contributed by atoms with E-state index in [-0.39, 0.29) is 23.7 Å². The lowest BCUT2D eigenvalue weighted by atomic mass is 9.98. The summed E-state index contributed by atoms with van der Waals surface area (Å²) in [6.07, 6.45) is -2.67. The topological polar surface area (TPSA) is 83.5 Å². The molecular formula is C27H30F4N6O2. The van der Waals surface area contributed by atoms with Gasteiger partial charge < -0.3 is 19.9 Å². The Morgan fingerprint density at radius 1 is 1.15 bits per heavy atom. The van der Waals surface area contributed by atoms with Crippen LogP contribution in [0.4, 0.5) is 34.0 Å². The maximum atomic E-state index is 14.8. The lowest BCUT2D eigenvalue weighted by Crippen LogP contribution is -2.64. The molecule has 3 atom stereocenters. The van der Waals surface area contributed by atoms with Gasteiger partial charge in [0.1, 0.15) is 17.2 Å². The van der Waals surface area contributed by atoms with Gasteiger partial charge >= 0.3 is 12.3 Å². The second-order valence-electron chi connectivity index (χ2n) is 11.0. The molecular weight excluding hydrogens is 516 g/mol. The van der Waals surface area contributed by atoms with E-state index in [0.29, 0.717) is 41.2 Å². The maximum Gasteiger partial charge on any atom is 0.419 e. The Bertz CT molecular complexity index is 1420. The van der Waals surface area contributed by atoms with Gasteiger partial charge in [0.2, 0.25) is 0 Å². The minimum atomic E-state index is -4.80. The number of fused-ring (bicyclic) bond motifs is 2. The predicted molar refractivity (Wildman–Crippen MR) is 138 cm³/mol. The molecule has 2 saturated heterocycles. The summed E-state index contributed by atoms with van der Waals surface area (Å²) in [4.78, 5) is 21.1. The van der Waals surface area contributed by atoms with Crippen molar-refractivity contribution in [3.05, 3.63) is 53.1 Å². The van der Waals surface area contributed by atoms with Crippen LogP contribution >= 0.6 is 0 Å². The number of carbonyl (C=O) groups excluding carboxylic acids is 1. The largest absolute Gasteiger partial charge is 0.444 e. The summed E-state index contributed by atoms with van der Waals surface area (Å²) in [6.45, 7) is 10.1. The summed E-state index contributed by atoms with van der Waals surface area (Å²) >= 11 is 0. The van der Waals surface area contributed by atoms with Gasteiger partial charge in [-0.3, -0.25) is 0 Å². The van der Waals surface area contributed by atoms with E-state index >= 15 is 0 Å². The molecule has 3 aromatic rings. The number of hydrogen-bond acceptors (Lipinski definition) is 7. The van der Waals surface area contributed by atoms with Crippen molar-refractivity contribution in [2.24, 2.45) is 0 Å². The summed E-state index contributed by atoms with van der Waals surface area (Å²) in [5.74, 6) is -0.324. The fraction of sp³-hybridized carbons (Fsp3) is 0.481. The van der Waals surface area contributed by atoms with Crippen LogP contribution in [-0.4, -0.2) is 56.9 Å². The molecule has 4 heterocycles. The summed E-state index contributed by atoms with van der Waals surface area (Å²) in [7, 11) is 0. The van der Waals surface area contributed by atoms with Crippen molar-refractivity contribution in [2.75, 3.05) is 23.3 Å². The average Bonchev–Trinajstić information content (AvgIpc) is 3.14. The van der Waals surface area contributed by atoms with Gasteiger partial charge in [0, 0.05) is 35.6 Å². The lowest BCUT2D eigenvalue weighted by molar-refractivity contribution is -0.140. The number of halogens is 4. The Kier molecular flexibility index (Phi) is 6.54. The number of benzene rings is 1. The molecule has 2 unspecified atom stereocenters. The van der Waals surface area contributed by atoms with Gasteiger partial charge in [-0.2, -0.15) is 18.3 Å². The van der Waals surface area contributed by atoms with Crippen LogP contribution in [0.15, 0.2) is 30.5 Å². The van der Waals surface area contributed by atoms with Gasteiger partial charge in [-0.1, -0.05) is 12.1 Å². The van der Waals surface area contributed by atoms with Crippen LogP contribution in [0.5, 0.6) is 0 Å². The van der Waals surface area contributed by atoms with Gasteiger partial charge in [-0.05, 0) is 53.2 Å². The van der Waals surface area contributed by atoms with Crippen LogP contribution in [0, 0.1) is 12.7 Å². The smallest absolute Gasteiger partial charge is 0.419 e. The Morgan fingerprint density at radius 3 is 2.59 bits per heavy atom. The highest BCUT2D eigenvalue weighted by Gasteiger charge is 2.50.